The number of pyridine rings is 1. The summed E-state index contributed by atoms with van der Waals surface area (Å²) in [7, 11) is 0. The van der Waals surface area contributed by atoms with Crippen LogP contribution in [0.3, 0.4) is 0 Å². The van der Waals surface area contributed by atoms with Gasteiger partial charge < -0.3 is 10.6 Å². The van der Waals surface area contributed by atoms with Gasteiger partial charge in [-0.2, -0.15) is 0 Å². The molecule has 0 saturated carbocycles. The normalized spacial score (nSPS) is 10.1. The van der Waals surface area contributed by atoms with Crippen molar-refractivity contribution in [1.82, 2.24) is 15.6 Å². The van der Waals surface area contributed by atoms with Crippen LogP contribution in [0.5, 0.6) is 0 Å². The third-order valence-electron chi connectivity index (χ3n) is 1.85. The predicted octanol–water partition coefficient (Wildman–Crippen LogP) is 1.60. The number of hydrogen-bond acceptors (Lipinski definition) is 2. The Kier molecular flexibility index (Phi) is 4.09. The molecule has 4 heteroatoms. The number of hydrogen-bond donors (Lipinski definition) is 2. The van der Waals surface area contributed by atoms with E-state index in [0.717, 1.165) is 11.3 Å². The van der Waals surface area contributed by atoms with Crippen molar-refractivity contribution < 1.29 is 4.79 Å². The molecule has 0 aliphatic heterocycles. The first-order valence-electron chi connectivity index (χ1n) is 5.04. The molecule has 0 aliphatic carbocycles. The molecular weight excluding hydrogens is 190 g/mol. The van der Waals surface area contributed by atoms with E-state index in [1.807, 2.05) is 32.9 Å². The summed E-state index contributed by atoms with van der Waals surface area (Å²) < 4.78 is 0. The Morgan fingerprint density at radius 1 is 1.47 bits per heavy atom. The molecule has 0 atom stereocenters. The van der Waals surface area contributed by atoms with E-state index < -0.39 is 0 Å². The molecular formula is C11H17N3O. The minimum atomic E-state index is -0.148. The molecule has 0 aromatic carbocycles. The maximum absolute atomic E-state index is 11.3. The highest BCUT2D eigenvalue weighted by molar-refractivity contribution is 5.74. The number of aryl methyl sites for hydroxylation is 1. The van der Waals surface area contributed by atoms with Gasteiger partial charge in [0.2, 0.25) is 0 Å². The maximum Gasteiger partial charge on any atom is 0.315 e. The van der Waals surface area contributed by atoms with E-state index in [1.165, 1.54) is 0 Å². The Morgan fingerprint density at radius 3 is 2.73 bits per heavy atom. The zero-order valence-electron chi connectivity index (χ0n) is 9.37. The predicted molar refractivity (Wildman–Crippen MR) is 59.5 cm³/mol. The summed E-state index contributed by atoms with van der Waals surface area (Å²) in [6.45, 7) is 6.29. The van der Waals surface area contributed by atoms with E-state index in [4.69, 9.17) is 0 Å². The summed E-state index contributed by atoms with van der Waals surface area (Å²) in [6, 6.07) is 3.89. The second-order valence-electron chi connectivity index (χ2n) is 3.79. The van der Waals surface area contributed by atoms with Crippen molar-refractivity contribution in [3.63, 3.8) is 0 Å². The minimum Gasteiger partial charge on any atom is -0.336 e. The van der Waals surface area contributed by atoms with Crippen LogP contribution in [-0.2, 0) is 6.54 Å². The fourth-order valence-electron chi connectivity index (χ4n) is 1.10. The molecule has 0 bridgehead atoms. The third kappa shape index (κ3) is 4.44. The van der Waals surface area contributed by atoms with Crippen molar-refractivity contribution in [2.45, 2.75) is 33.4 Å². The third-order valence-corrected chi connectivity index (χ3v) is 1.85. The Bertz CT molecular complexity index is 319. The SMILES string of the molecule is Cc1ccc(CNC(=O)NC(C)C)cn1. The van der Waals surface area contributed by atoms with Crippen LogP contribution in [-0.4, -0.2) is 17.1 Å². The quantitative estimate of drug-likeness (QED) is 0.791. The van der Waals surface area contributed by atoms with E-state index >= 15 is 0 Å². The van der Waals surface area contributed by atoms with Gasteiger partial charge in [-0.1, -0.05) is 6.07 Å². The lowest BCUT2D eigenvalue weighted by Gasteiger charge is -2.09. The summed E-state index contributed by atoms with van der Waals surface area (Å²) >= 11 is 0. The molecule has 82 valence electrons. The van der Waals surface area contributed by atoms with Crippen molar-refractivity contribution in [1.29, 1.82) is 0 Å². The van der Waals surface area contributed by atoms with E-state index in [9.17, 15) is 4.79 Å². The highest BCUT2D eigenvalue weighted by atomic mass is 16.2. The van der Waals surface area contributed by atoms with Crippen LogP contribution in [0.15, 0.2) is 18.3 Å². The number of urea groups is 1. The first-order chi connectivity index (χ1) is 7.08. The van der Waals surface area contributed by atoms with Crippen LogP contribution in [0.2, 0.25) is 0 Å². The van der Waals surface area contributed by atoms with Crippen LogP contribution < -0.4 is 10.6 Å². The Hall–Kier alpha value is -1.58. The first kappa shape index (κ1) is 11.5. The molecule has 0 radical (unpaired) electrons. The van der Waals surface area contributed by atoms with Crippen molar-refractivity contribution in [2.75, 3.05) is 0 Å². The summed E-state index contributed by atoms with van der Waals surface area (Å²) in [5, 5.41) is 5.51. The van der Waals surface area contributed by atoms with Crippen molar-refractivity contribution >= 4 is 6.03 Å². The van der Waals surface area contributed by atoms with Gasteiger partial charge >= 0.3 is 6.03 Å². The van der Waals surface area contributed by atoms with Gasteiger partial charge in [-0.15, -0.1) is 0 Å². The molecule has 0 saturated heterocycles. The van der Waals surface area contributed by atoms with Gasteiger partial charge in [0.1, 0.15) is 0 Å². The fraction of sp³-hybridized carbons (Fsp3) is 0.455. The summed E-state index contributed by atoms with van der Waals surface area (Å²) in [5.74, 6) is 0. The number of aromatic nitrogens is 1. The van der Waals surface area contributed by atoms with E-state index in [0.29, 0.717) is 6.54 Å². The minimum absolute atomic E-state index is 0.148. The van der Waals surface area contributed by atoms with Gasteiger partial charge in [-0.3, -0.25) is 4.98 Å². The zero-order valence-corrected chi connectivity index (χ0v) is 9.37. The molecule has 1 aromatic rings. The van der Waals surface area contributed by atoms with E-state index in [1.54, 1.807) is 6.20 Å². The largest absolute Gasteiger partial charge is 0.336 e. The Balaban J connectivity index is 2.37. The number of rotatable bonds is 3. The molecule has 0 aliphatic rings. The Morgan fingerprint density at radius 2 is 2.20 bits per heavy atom. The molecule has 0 fully saturated rings. The summed E-state index contributed by atoms with van der Waals surface area (Å²) in [4.78, 5) is 15.4. The van der Waals surface area contributed by atoms with Gasteiger partial charge in [-0.25, -0.2) is 4.79 Å². The number of carbonyl (C=O) groups excluding carboxylic acids is 1. The number of amides is 2. The van der Waals surface area contributed by atoms with Gasteiger partial charge in [0.25, 0.3) is 0 Å². The smallest absolute Gasteiger partial charge is 0.315 e. The van der Waals surface area contributed by atoms with Crippen molar-refractivity contribution in [2.24, 2.45) is 0 Å². The van der Waals surface area contributed by atoms with Crippen LogP contribution in [0.1, 0.15) is 25.1 Å². The molecule has 1 aromatic heterocycles. The lowest BCUT2D eigenvalue weighted by atomic mass is 10.2. The van der Waals surface area contributed by atoms with Gasteiger partial charge in [0, 0.05) is 24.5 Å². The number of nitrogens with zero attached hydrogens (tertiary/aromatic N) is 1. The maximum atomic E-state index is 11.3. The molecule has 0 unspecified atom stereocenters. The van der Waals surface area contributed by atoms with Gasteiger partial charge in [-0.05, 0) is 32.4 Å². The average Bonchev–Trinajstić information content (AvgIpc) is 2.16. The average molecular weight is 207 g/mol. The van der Waals surface area contributed by atoms with Crippen molar-refractivity contribution in [3.05, 3.63) is 29.6 Å². The monoisotopic (exact) mass is 207 g/mol. The lowest BCUT2D eigenvalue weighted by Crippen LogP contribution is -2.39. The molecule has 2 amide bonds. The highest BCUT2D eigenvalue weighted by Crippen LogP contribution is 1.98. The second kappa shape index (κ2) is 5.34. The van der Waals surface area contributed by atoms with Gasteiger partial charge in [0.15, 0.2) is 0 Å². The molecule has 1 rings (SSSR count). The second-order valence-corrected chi connectivity index (χ2v) is 3.79. The van der Waals surface area contributed by atoms with Crippen LogP contribution in [0.25, 0.3) is 0 Å². The molecule has 2 N–H and O–H groups in total. The summed E-state index contributed by atoms with van der Waals surface area (Å²) in [5.41, 5.74) is 1.98. The molecule has 1 heterocycles. The van der Waals surface area contributed by atoms with Crippen LogP contribution in [0, 0.1) is 6.92 Å². The van der Waals surface area contributed by atoms with Gasteiger partial charge in [0.05, 0.1) is 0 Å². The zero-order chi connectivity index (χ0) is 11.3. The van der Waals surface area contributed by atoms with Crippen molar-refractivity contribution in [3.8, 4) is 0 Å². The van der Waals surface area contributed by atoms with E-state index in [2.05, 4.69) is 15.6 Å². The molecule has 0 spiro atoms. The topological polar surface area (TPSA) is 54.0 Å². The van der Waals surface area contributed by atoms with Crippen LogP contribution >= 0.6 is 0 Å². The number of nitrogens with one attached hydrogen (secondary N) is 2. The first-order valence-corrected chi connectivity index (χ1v) is 5.04. The molecule has 15 heavy (non-hydrogen) atoms. The number of carbonyl (C=O) groups is 1. The fourth-order valence-corrected chi connectivity index (χ4v) is 1.10. The summed E-state index contributed by atoms with van der Waals surface area (Å²) in [6.07, 6.45) is 1.77. The van der Waals surface area contributed by atoms with E-state index in [-0.39, 0.29) is 12.1 Å². The lowest BCUT2D eigenvalue weighted by molar-refractivity contribution is 0.238. The van der Waals surface area contributed by atoms with Crippen LogP contribution in [0.4, 0.5) is 4.79 Å². The Labute approximate surface area is 90.1 Å². The highest BCUT2D eigenvalue weighted by Gasteiger charge is 2.01. The standard InChI is InChI=1S/C11H17N3O/c1-8(2)14-11(15)13-7-10-5-4-9(3)12-6-10/h4-6,8H,7H2,1-3H3,(H2,13,14,15). The molecule has 4 nitrogen and oxygen atoms in total.